The van der Waals surface area contributed by atoms with Gasteiger partial charge in [0, 0.05) is 25.8 Å². The fourth-order valence-corrected chi connectivity index (χ4v) is 1.72. The summed E-state index contributed by atoms with van der Waals surface area (Å²) in [6, 6.07) is 6.48. The Balaban J connectivity index is 1.89. The zero-order valence-electron chi connectivity index (χ0n) is 12.2. The first-order valence-electron chi connectivity index (χ1n) is 6.77. The Kier molecular flexibility index (Phi) is 5.79. The summed E-state index contributed by atoms with van der Waals surface area (Å²) < 4.78 is 18.3. The third-order valence-corrected chi connectivity index (χ3v) is 2.89. The molecule has 6 nitrogen and oxygen atoms in total. The number of ether oxygens (including phenoxy) is 1. The lowest BCUT2D eigenvalue weighted by molar-refractivity contribution is 0.0932. The van der Waals surface area contributed by atoms with Crippen molar-refractivity contribution in [3.05, 3.63) is 53.7 Å². The van der Waals surface area contributed by atoms with Gasteiger partial charge in [0.1, 0.15) is 17.3 Å². The second kappa shape index (κ2) is 8.04. The molecule has 0 aliphatic rings. The second-order valence-corrected chi connectivity index (χ2v) is 4.48. The molecule has 0 radical (unpaired) electrons. The molecular weight excluding hydrogens is 287 g/mol. The van der Waals surface area contributed by atoms with Gasteiger partial charge in [0.2, 0.25) is 0 Å². The summed E-state index contributed by atoms with van der Waals surface area (Å²) >= 11 is 0. The largest absolute Gasteiger partial charge is 0.383 e. The zero-order valence-corrected chi connectivity index (χ0v) is 12.2. The minimum atomic E-state index is -0.315. The van der Waals surface area contributed by atoms with E-state index in [0.717, 1.165) is 0 Å². The lowest BCUT2D eigenvalue weighted by Gasteiger charge is -2.07. The first-order valence-corrected chi connectivity index (χ1v) is 6.77. The van der Waals surface area contributed by atoms with Crippen molar-refractivity contribution in [2.24, 2.45) is 0 Å². The van der Waals surface area contributed by atoms with Crippen LogP contribution in [0, 0.1) is 5.82 Å². The van der Waals surface area contributed by atoms with Gasteiger partial charge in [0.25, 0.3) is 5.91 Å². The Morgan fingerprint density at radius 1 is 1.27 bits per heavy atom. The van der Waals surface area contributed by atoms with E-state index in [1.165, 1.54) is 18.5 Å². The summed E-state index contributed by atoms with van der Waals surface area (Å²) in [5.41, 5.74) is 0.748. The Morgan fingerprint density at radius 3 is 2.77 bits per heavy atom. The molecule has 0 spiro atoms. The van der Waals surface area contributed by atoms with Crippen molar-refractivity contribution in [1.29, 1.82) is 0 Å². The molecule has 2 aromatic rings. The van der Waals surface area contributed by atoms with Crippen molar-refractivity contribution >= 4 is 11.7 Å². The van der Waals surface area contributed by atoms with Crippen molar-refractivity contribution in [2.45, 2.75) is 6.54 Å². The Morgan fingerprint density at radius 2 is 2.09 bits per heavy atom. The first-order chi connectivity index (χ1) is 10.7. The average molecular weight is 304 g/mol. The highest BCUT2D eigenvalue weighted by atomic mass is 19.1. The fourth-order valence-electron chi connectivity index (χ4n) is 1.72. The van der Waals surface area contributed by atoms with Crippen LogP contribution in [0.4, 0.5) is 10.2 Å². The van der Waals surface area contributed by atoms with Gasteiger partial charge in [0.15, 0.2) is 0 Å². The van der Waals surface area contributed by atoms with Crippen molar-refractivity contribution < 1.29 is 13.9 Å². The van der Waals surface area contributed by atoms with Gasteiger partial charge in [-0.15, -0.1) is 0 Å². The lowest BCUT2D eigenvalue weighted by Crippen LogP contribution is -2.27. The van der Waals surface area contributed by atoms with Gasteiger partial charge in [-0.3, -0.25) is 4.79 Å². The first kappa shape index (κ1) is 15.8. The van der Waals surface area contributed by atoms with Crippen LogP contribution < -0.4 is 10.6 Å². The van der Waals surface area contributed by atoms with Crippen molar-refractivity contribution in [3.8, 4) is 0 Å². The lowest BCUT2D eigenvalue weighted by atomic mass is 10.2. The van der Waals surface area contributed by atoms with E-state index >= 15 is 0 Å². The van der Waals surface area contributed by atoms with Crippen LogP contribution in [0.15, 0.2) is 36.7 Å². The number of anilines is 1. The maximum absolute atomic E-state index is 13.5. The van der Waals surface area contributed by atoms with Gasteiger partial charge in [-0.1, -0.05) is 18.2 Å². The number of methoxy groups -OCH3 is 1. The fraction of sp³-hybridized carbons (Fsp3) is 0.267. The molecule has 2 rings (SSSR count). The van der Waals surface area contributed by atoms with Gasteiger partial charge < -0.3 is 15.4 Å². The molecule has 0 unspecified atom stereocenters. The molecule has 0 bridgehead atoms. The molecule has 1 amide bonds. The van der Waals surface area contributed by atoms with Crippen LogP contribution >= 0.6 is 0 Å². The standard InChI is InChI=1S/C15H17FN4O2/c1-22-7-6-17-15(21)13-9-20-14(10-18-13)19-8-11-4-2-3-5-12(11)16/h2-5,9-10H,6-8H2,1H3,(H,17,21)(H,19,20). The summed E-state index contributed by atoms with van der Waals surface area (Å²) in [6.07, 6.45) is 2.80. The third-order valence-electron chi connectivity index (χ3n) is 2.89. The predicted molar refractivity (Wildman–Crippen MR) is 80.0 cm³/mol. The molecule has 7 heteroatoms. The quantitative estimate of drug-likeness (QED) is 0.760. The van der Waals surface area contributed by atoms with Gasteiger partial charge in [-0.2, -0.15) is 0 Å². The minimum Gasteiger partial charge on any atom is -0.383 e. The molecule has 0 saturated carbocycles. The van der Waals surface area contributed by atoms with Crippen LogP contribution in [0.25, 0.3) is 0 Å². The summed E-state index contributed by atoms with van der Waals surface area (Å²) in [7, 11) is 1.56. The molecule has 1 heterocycles. The maximum Gasteiger partial charge on any atom is 0.271 e. The number of amides is 1. The molecule has 1 aromatic carbocycles. The van der Waals surface area contributed by atoms with Crippen molar-refractivity contribution in [2.75, 3.05) is 25.6 Å². The number of rotatable bonds is 7. The van der Waals surface area contributed by atoms with Gasteiger partial charge in [0.05, 0.1) is 19.0 Å². The van der Waals surface area contributed by atoms with Crippen molar-refractivity contribution in [1.82, 2.24) is 15.3 Å². The third kappa shape index (κ3) is 4.49. The second-order valence-electron chi connectivity index (χ2n) is 4.48. The number of benzene rings is 1. The Bertz CT molecular complexity index is 619. The molecule has 0 fully saturated rings. The van der Waals surface area contributed by atoms with E-state index in [1.807, 2.05) is 0 Å². The molecule has 2 N–H and O–H groups in total. The smallest absolute Gasteiger partial charge is 0.271 e. The molecule has 22 heavy (non-hydrogen) atoms. The highest BCUT2D eigenvalue weighted by Crippen LogP contribution is 2.09. The topological polar surface area (TPSA) is 76.1 Å². The van der Waals surface area contributed by atoms with E-state index in [0.29, 0.717) is 31.1 Å². The van der Waals surface area contributed by atoms with Crippen LogP contribution in [0.3, 0.4) is 0 Å². The van der Waals surface area contributed by atoms with Crippen LogP contribution in [0.5, 0.6) is 0 Å². The highest BCUT2D eigenvalue weighted by Gasteiger charge is 2.07. The molecule has 0 saturated heterocycles. The summed E-state index contributed by atoms with van der Waals surface area (Å²) in [6.45, 7) is 1.13. The van der Waals surface area contributed by atoms with Gasteiger partial charge in [-0.25, -0.2) is 14.4 Å². The van der Waals surface area contributed by atoms with Crippen LogP contribution in [-0.2, 0) is 11.3 Å². The van der Waals surface area contributed by atoms with E-state index in [-0.39, 0.29) is 17.4 Å². The average Bonchev–Trinajstić information content (AvgIpc) is 2.55. The highest BCUT2D eigenvalue weighted by molar-refractivity contribution is 5.91. The number of hydrogen-bond donors (Lipinski definition) is 2. The molecule has 1 aromatic heterocycles. The van der Waals surface area contributed by atoms with E-state index in [2.05, 4.69) is 20.6 Å². The zero-order chi connectivity index (χ0) is 15.8. The van der Waals surface area contributed by atoms with E-state index in [9.17, 15) is 9.18 Å². The normalized spacial score (nSPS) is 10.3. The monoisotopic (exact) mass is 304 g/mol. The SMILES string of the molecule is COCCNC(=O)c1cnc(NCc2ccccc2F)cn1. The van der Waals surface area contributed by atoms with Crippen LogP contribution in [-0.4, -0.2) is 36.1 Å². The molecular formula is C15H17FN4O2. The summed E-state index contributed by atoms with van der Waals surface area (Å²) in [4.78, 5) is 19.8. The summed E-state index contributed by atoms with van der Waals surface area (Å²) in [5, 5.41) is 5.60. The van der Waals surface area contributed by atoms with E-state index in [4.69, 9.17) is 4.74 Å². The number of carbonyl (C=O) groups excluding carboxylic acids is 1. The number of nitrogens with zero attached hydrogens (tertiary/aromatic N) is 2. The Labute approximate surface area is 127 Å². The molecule has 0 aliphatic heterocycles. The molecule has 0 atom stereocenters. The number of aromatic nitrogens is 2. The Hall–Kier alpha value is -2.54. The number of carbonyl (C=O) groups is 1. The predicted octanol–water partition coefficient (Wildman–Crippen LogP) is 1.60. The van der Waals surface area contributed by atoms with E-state index < -0.39 is 0 Å². The minimum absolute atomic E-state index is 0.215. The molecule has 116 valence electrons. The number of hydrogen-bond acceptors (Lipinski definition) is 5. The van der Waals surface area contributed by atoms with Crippen molar-refractivity contribution in [3.63, 3.8) is 0 Å². The van der Waals surface area contributed by atoms with Crippen LogP contribution in [0.2, 0.25) is 0 Å². The summed E-state index contributed by atoms with van der Waals surface area (Å²) in [5.74, 6) is -0.126. The molecule has 0 aliphatic carbocycles. The number of nitrogens with one attached hydrogen (secondary N) is 2. The maximum atomic E-state index is 13.5. The number of halogens is 1. The van der Waals surface area contributed by atoms with Gasteiger partial charge >= 0.3 is 0 Å². The van der Waals surface area contributed by atoms with Crippen LogP contribution in [0.1, 0.15) is 16.1 Å². The van der Waals surface area contributed by atoms with Gasteiger partial charge in [-0.05, 0) is 6.07 Å². The van der Waals surface area contributed by atoms with E-state index in [1.54, 1.807) is 25.3 Å².